The number of methoxy groups -OCH3 is 1. The van der Waals surface area contributed by atoms with Crippen LogP contribution in [0.4, 0.5) is 13.2 Å². The zero-order valence-electron chi connectivity index (χ0n) is 12.2. The predicted molar refractivity (Wildman–Crippen MR) is 77.3 cm³/mol. The molecular formula is C16H14F3NO3. The number of rotatable bonds is 5. The van der Waals surface area contributed by atoms with E-state index in [9.17, 15) is 18.0 Å². The third kappa shape index (κ3) is 4.64. The second kappa shape index (κ2) is 7.04. The van der Waals surface area contributed by atoms with E-state index in [1.165, 1.54) is 25.3 Å². The van der Waals surface area contributed by atoms with E-state index in [0.717, 1.165) is 0 Å². The molecule has 2 aromatic carbocycles. The number of nitrogens with one attached hydrogen (secondary N) is 1. The van der Waals surface area contributed by atoms with Crippen LogP contribution < -0.4 is 14.8 Å². The summed E-state index contributed by atoms with van der Waals surface area (Å²) in [7, 11) is 1.43. The Kier molecular flexibility index (Phi) is 5.10. The number of carbonyl (C=O) groups is 1. The van der Waals surface area contributed by atoms with Crippen LogP contribution in [0.2, 0.25) is 0 Å². The zero-order chi connectivity index (χ0) is 16.9. The number of hydrogen-bond acceptors (Lipinski definition) is 3. The van der Waals surface area contributed by atoms with Gasteiger partial charge in [-0.3, -0.25) is 4.79 Å². The molecule has 0 atom stereocenters. The van der Waals surface area contributed by atoms with Crippen LogP contribution in [0, 0.1) is 0 Å². The molecule has 0 aliphatic rings. The van der Waals surface area contributed by atoms with E-state index >= 15 is 0 Å². The molecule has 4 nitrogen and oxygen atoms in total. The van der Waals surface area contributed by atoms with Gasteiger partial charge in [0.15, 0.2) is 0 Å². The van der Waals surface area contributed by atoms with Crippen LogP contribution in [-0.2, 0) is 6.54 Å². The van der Waals surface area contributed by atoms with E-state index in [1.54, 1.807) is 30.3 Å². The van der Waals surface area contributed by atoms with Gasteiger partial charge >= 0.3 is 6.36 Å². The number of benzene rings is 2. The SMILES string of the molecule is COc1ccccc1C(=O)NCc1ccccc1OC(F)(F)F. The van der Waals surface area contributed by atoms with Crippen molar-refractivity contribution in [2.24, 2.45) is 0 Å². The molecule has 0 unspecified atom stereocenters. The fraction of sp³-hybridized carbons (Fsp3) is 0.188. The molecule has 0 aliphatic heterocycles. The highest BCUT2D eigenvalue weighted by molar-refractivity contribution is 5.96. The molecule has 122 valence electrons. The van der Waals surface area contributed by atoms with Crippen molar-refractivity contribution in [2.45, 2.75) is 12.9 Å². The summed E-state index contributed by atoms with van der Waals surface area (Å²) in [6.07, 6.45) is -4.79. The fourth-order valence-corrected chi connectivity index (χ4v) is 1.98. The van der Waals surface area contributed by atoms with Crippen LogP contribution in [0.25, 0.3) is 0 Å². The number of amides is 1. The normalized spacial score (nSPS) is 11.0. The van der Waals surface area contributed by atoms with Crippen LogP contribution in [0.5, 0.6) is 11.5 Å². The summed E-state index contributed by atoms with van der Waals surface area (Å²) in [5, 5.41) is 2.55. The molecule has 23 heavy (non-hydrogen) atoms. The molecule has 0 bridgehead atoms. The van der Waals surface area contributed by atoms with Crippen molar-refractivity contribution in [1.29, 1.82) is 0 Å². The summed E-state index contributed by atoms with van der Waals surface area (Å²) in [5.41, 5.74) is 0.511. The lowest BCUT2D eigenvalue weighted by atomic mass is 10.1. The maximum Gasteiger partial charge on any atom is 0.573 e. The number of ether oxygens (including phenoxy) is 2. The topological polar surface area (TPSA) is 47.6 Å². The van der Waals surface area contributed by atoms with E-state index in [2.05, 4.69) is 10.1 Å². The van der Waals surface area contributed by atoms with Crippen molar-refractivity contribution in [2.75, 3.05) is 7.11 Å². The van der Waals surface area contributed by atoms with E-state index in [1.807, 2.05) is 0 Å². The van der Waals surface area contributed by atoms with Gasteiger partial charge in [0, 0.05) is 12.1 Å². The van der Waals surface area contributed by atoms with E-state index in [4.69, 9.17) is 4.74 Å². The molecule has 1 amide bonds. The van der Waals surface area contributed by atoms with E-state index < -0.39 is 12.3 Å². The van der Waals surface area contributed by atoms with Gasteiger partial charge in [-0.25, -0.2) is 0 Å². The summed E-state index contributed by atoms with van der Waals surface area (Å²) in [6.45, 7) is -0.108. The molecule has 0 saturated carbocycles. The number of alkyl halides is 3. The minimum absolute atomic E-state index is 0.108. The Balaban J connectivity index is 2.10. The molecule has 0 heterocycles. The Morgan fingerprint density at radius 2 is 1.65 bits per heavy atom. The quantitative estimate of drug-likeness (QED) is 0.915. The second-order valence-corrected chi connectivity index (χ2v) is 4.54. The Hall–Kier alpha value is -2.70. The lowest BCUT2D eigenvalue weighted by Crippen LogP contribution is -2.24. The average Bonchev–Trinajstić information content (AvgIpc) is 2.52. The van der Waals surface area contributed by atoms with Crippen molar-refractivity contribution in [1.82, 2.24) is 5.32 Å². The Labute approximate surface area is 130 Å². The lowest BCUT2D eigenvalue weighted by Gasteiger charge is -2.14. The van der Waals surface area contributed by atoms with Crippen LogP contribution in [0.3, 0.4) is 0 Å². The fourth-order valence-electron chi connectivity index (χ4n) is 1.98. The largest absolute Gasteiger partial charge is 0.573 e. The number of hydrogen-bond donors (Lipinski definition) is 1. The summed E-state index contributed by atoms with van der Waals surface area (Å²) in [4.78, 5) is 12.1. The maximum atomic E-state index is 12.4. The number of halogens is 3. The molecule has 0 aromatic heterocycles. The Morgan fingerprint density at radius 3 is 2.30 bits per heavy atom. The van der Waals surface area contributed by atoms with Crippen LogP contribution in [0.15, 0.2) is 48.5 Å². The van der Waals surface area contributed by atoms with Gasteiger partial charge in [-0.05, 0) is 18.2 Å². The van der Waals surface area contributed by atoms with Gasteiger partial charge in [0.25, 0.3) is 5.91 Å². The van der Waals surface area contributed by atoms with Gasteiger partial charge in [-0.15, -0.1) is 13.2 Å². The molecule has 1 N–H and O–H groups in total. The zero-order valence-corrected chi connectivity index (χ0v) is 12.2. The Morgan fingerprint density at radius 1 is 1.04 bits per heavy atom. The lowest BCUT2D eigenvalue weighted by molar-refractivity contribution is -0.274. The molecule has 7 heteroatoms. The van der Waals surface area contributed by atoms with Crippen molar-refractivity contribution < 1.29 is 27.4 Å². The highest BCUT2D eigenvalue weighted by Crippen LogP contribution is 2.26. The van der Waals surface area contributed by atoms with E-state index in [-0.39, 0.29) is 17.9 Å². The summed E-state index contributed by atoms with van der Waals surface area (Å²) in [5.74, 6) is -0.422. The van der Waals surface area contributed by atoms with Gasteiger partial charge in [0.2, 0.25) is 0 Å². The van der Waals surface area contributed by atoms with Gasteiger partial charge in [-0.1, -0.05) is 30.3 Å². The first-order chi connectivity index (χ1) is 10.9. The van der Waals surface area contributed by atoms with Crippen LogP contribution in [-0.4, -0.2) is 19.4 Å². The number of para-hydroxylation sites is 2. The molecule has 0 saturated heterocycles. The van der Waals surface area contributed by atoms with Crippen molar-refractivity contribution in [3.8, 4) is 11.5 Å². The first-order valence-corrected chi connectivity index (χ1v) is 6.65. The van der Waals surface area contributed by atoms with Gasteiger partial charge in [-0.2, -0.15) is 0 Å². The van der Waals surface area contributed by atoms with E-state index in [0.29, 0.717) is 11.3 Å². The molecule has 0 radical (unpaired) electrons. The first-order valence-electron chi connectivity index (χ1n) is 6.65. The second-order valence-electron chi connectivity index (χ2n) is 4.54. The molecule has 0 aliphatic carbocycles. The standard InChI is InChI=1S/C16H14F3NO3/c1-22-14-9-5-3-7-12(14)15(21)20-10-11-6-2-4-8-13(11)23-16(17,18)19/h2-9H,10H2,1H3,(H,20,21). The highest BCUT2D eigenvalue weighted by Gasteiger charge is 2.32. The Bertz CT molecular complexity index is 686. The molecule has 0 spiro atoms. The van der Waals surface area contributed by atoms with Crippen molar-refractivity contribution in [3.63, 3.8) is 0 Å². The van der Waals surface area contributed by atoms with Crippen LogP contribution >= 0.6 is 0 Å². The average molecular weight is 325 g/mol. The summed E-state index contributed by atoms with van der Waals surface area (Å²) >= 11 is 0. The van der Waals surface area contributed by atoms with Gasteiger partial charge in [0.05, 0.1) is 12.7 Å². The third-order valence-corrected chi connectivity index (χ3v) is 2.99. The molecule has 0 fully saturated rings. The van der Waals surface area contributed by atoms with Gasteiger partial charge < -0.3 is 14.8 Å². The van der Waals surface area contributed by atoms with Crippen molar-refractivity contribution >= 4 is 5.91 Å². The monoisotopic (exact) mass is 325 g/mol. The molecule has 2 aromatic rings. The smallest absolute Gasteiger partial charge is 0.496 e. The van der Waals surface area contributed by atoms with Crippen molar-refractivity contribution in [3.05, 3.63) is 59.7 Å². The summed E-state index contributed by atoms with van der Waals surface area (Å²) < 4.78 is 46.1. The minimum Gasteiger partial charge on any atom is -0.496 e. The van der Waals surface area contributed by atoms with Gasteiger partial charge in [0.1, 0.15) is 11.5 Å². The van der Waals surface area contributed by atoms with Crippen LogP contribution in [0.1, 0.15) is 15.9 Å². The maximum absolute atomic E-state index is 12.4. The predicted octanol–water partition coefficient (Wildman–Crippen LogP) is 3.52. The summed E-state index contributed by atoms with van der Waals surface area (Å²) in [6, 6.07) is 12.2. The molecule has 2 rings (SSSR count). The number of carbonyl (C=O) groups excluding carboxylic acids is 1. The minimum atomic E-state index is -4.79. The third-order valence-electron chi connectivity index (χ3n) is 2.99. The molecular weight excluding hydrogens is 311 g/mol. The highest BCUT2D eigenvalue weighted by atomic mass is 19.4. The first kappa shape index (κ1) is 16.7.